The van der Waals surface area contributed by atoms with Crippen LogP contribution in [0, 0.1) is 5.92 Å². The Morgan fingerprint density at radius 2 is 1.97 bits per heavy atom. The molecule has 4 rings (SSSR count). The van der Waals surface area contributed by atoms with Gasteiger partial charge in [0.1, 0.15) is 0 Å². The first-order chi connectivity index (χ1) is 15.7. The van der Waals surface area contributed by atoms with Gasteiger partial charge in [0.15, 0.2) is 17.0 Å². The van der Waals surface area contributed by atoms with Gasteiger partial charge in [0.2, 0.25) is 0 Å². The SMILES string of the molecule is Cn1cnc2c(Nc3ccc(C(O)([PH+]=O)P(=O)(O)O)cc3)nc(OCC3CCNCC3)nc21. The van der Waals surface area contributed by atoms with Gasteiger partial charge in [0.05, 0.1) is 12.9 Å². The molecule has 33 heavy (non-hydrogen) atoms. The van der Waals surface area contributed by atoms with Crippen LogP contribution in [0.3, 0.4) is 0 Å². The zero-order chi connectivity index (χ0) is 23.6. The topological polar surface area (TPSA) is 172 Å². The van der Waals surface area contributed by atoms with E-state index in [9.17, 15) is 24.0 Å². The van der Waals surface area contributed by atoms with Crippen molar-refractivity contribution >= 4 is 38.7 Å². The van der Waals surface area contributed by atoms with Crippen LogP contribution in [0.4, 0.5) is 11.5 Å². The van der Waals surface area contributed by atoms with E-state index >= 15 is 0 Å². The molecule has 0 amide bonds. The molecule has 3 aromatic rings. The number of aromatic nitrogens is 4. The molecule has 176 valence electrons. The number of rotatable bonds is 8. The van der Waals surface area contributed by atoms with Crippen molar-refractivity contribution < 1.29 is 28.8 Å². The van der Waals surface area contributed by atoms with E-state index in [-0.39, 0.29) is 11.6 Å². The standard InChI is InChI=1S/C19H24N6O6P2/c1-25-11-21-15-16(23-18(24-17(15)25)31-10-12-6-8-20-9-7-12)22-14-4-2-13(3-5-14)19(26,32-27)33(28,29)30/h2-5,11-12,20,26H,6-10H2,1H3,(H,22,23,24)(H2,28,29,30)/p+1. The van der Waals surface area contributed by atoms with Crippen LogP contribution in [-0.4, -0.2) is 54.1 Å². The molecular formula is C19H25N6O6P2+. The van der Waals surface area contributed by atoms with Crippen molar-refractivity contribution in [1.29, 1.82) is 0 Å². The number of anilines is 2. The van der Waals surface area contributed by atoms with Crippen molar-refractivity contribution in [3.8, 4) is 6.01 Å². The first-order valence-corrected chi connectivity index (χ1v) is 12.8. The Balaban J connectivity index is 1.58. The summed E-state index contributed by atoms with van der Waals surface area (Å²) in [6, 6.07) is 5.77. The van der Waals surface area contributed by atoms with E-state index in [4.69, 9.17) is 4.74 Å². The molecule has 2 unspecified atom stereocenters. The molecule has 0 bridgehead atoms. The maximum atomic E-state index is 11.6. The van der Waals surface area contributed by atoms with Crippen LogP contribution in [-0.2, 0) is 21.3 Å². The second-order valence-electron chi connectivity index (χ2n) is 7.91. The molecule has 5 N–H and O–H groups in total. The lowest BCUT2D eigenvalue weighted by Crippen LogP contribution is -2.30. The normalized spacial score (nSPS) is 17.2. The zero-order valence-electron chi connectivity index (χ0n) is 17.8. The lowest BCUT2D eigenvalue weighted by atomic mass is 9.99. The van der Waals surface area contributed by atoms with Gasteiger partial charge in [-0.2, -0.15) is 9.97 Å². The molecule has 2 aromatic heterocycles. The minimum atomic E-state index is -5.07. The number of benzene rings is 1. The van der Waals surface area contributed by atoms with E-state index in [0.29, 0.717) is 35.2 Å². The summed E-state index contributed by atoms with van der Waals surface area (Å²) in [5, 5.41) is 13.9. The van der Waals surface area contributed by atoms with Gasteiger partial charge in [-0.15, -0.1) is 0 Å². The molecule has 3 heterocycles. The Morgan fingerprint density at radius 1 is 1.27 bits per heavy atom. The lowest BCUT2D eigenvalue weighted by Gasteiger charge is -2.22. The van der Waals surface area contributed by atoms with E-state index in [0.717, 1.165) is 25.9 Å². The van der Waals surface area contributed by atoms with Gasteiger partial charge in [-0.25, -0.2) is 4.98 Å². The van der Waals surface area contributed by atoms with Crippen LogP contribution in [0.1, 0.15) is 18.4 Å². The maximum Gasteiger partial charge on any atom is 0.412 e. The number of imidazole rings is 1. The Bertz CT molecular complexity index is 1190. The molecule has 0 aliphatic carbocycles. The molecule has 12 nitrogen and oxygen atoms in total. The second kappa shape index (κ2) is 9.42. The number of hydrogen-bond acceptors (Lipinski definition) is 9. The molecule has 0 spiro atoms. The van der Waals surface area contributed by atoms with Crippen LogP contribution in [0.2, 0.25) is 0 Å². The van der Waals surface area contributed by atoms with Crippen molar-refractivity contribution in [3.63, 3.8) is 0 Å². The summed E-state index contributed by atoms with van der Waals surface area (Å²) in [5.41, 5.74) is 1.44. The van der Waals surface area contributed by atoms with Gasteiger partial charge in [-0.1, -0.05) is 4.57 Å². The fourth-order valence-electron chi connectivity index (χ4n) is 3.59. The smallest absolute Gasteiger partial charge is 0.412 e. The first-order valence-electron chi connectivity index (χ1n) is 10.3. The average Bonchev–Trinajstić information content (AvgIpc) is 3.18. The molecule has 1 aromatic carbocycles. The summed E-state index contributed by atoms with van der Waals surface area (Å²) in [6.45, 7) is 2.43. The first kappa shape index (κ1) is 23.7. The molecular weight excluding hydrogens is 470 g/mol. The molecule has 0 radical (unpaired) electrons. The minimum Gasteiger partial charge on any atom is -0.463 e. The summed E-state index contributed by atoms with van der Waals surface area (Å²) in [5.74, 6) is 0.820. The van der Waals surface area contributed by atoms with Crippen LogP contribution in [0.5, 0.6) is 6.01 Å². The summed E-state index contributed by atoms with van der Waals surface area (Å²) in [7, 11) is -4.90. The van der Waals surface area contributed by atoms with E-state index in [1.54, 1.807) is 10.9 Å². The number of aliphatic hydroxyl groups is 1. The Hall–Kier alpha value is -2.46. The number of piperidine rings is 1. The van der Waals surface area contributed by atoms with E-state index in [2.05, 4.69) is 25.6 Å². The molecule has 1 aliphatic rings. The van der Waals surface area contributed by atoms with Crippen molar-refractivity contribution in [2.75, 3.05) is 25.0 Å². The highest BCUT2D eigenvalue weighted by Crippen LogP contribution is 2.61. The van der Waals surface area contributed by atoms with Crippen LogP contribution in [0.15, 0.2) is 30.6 Å². The Morgan fingerprint density at radius 3 is 2.61 bits per heavy atom. The number of nitrogens with one attached hydrogen (secondary N) is 2. The monoisotopic (exact) mass is 495 g/mol. The number of aryl methyl sites for hydroxylation is 1. The van der Waals surface area contributed by atoms with Crippen LogP contribution >= 0.6 is 16.1 Å². The van der Waals surface area contributed by atoms with Gasteiger partial charge in [-0.05, 0) is 56.1 Å². The molecule has 1 aliphatic heterocycles. The summed E-state index contributed by atoms with van der Waals surface area (Å²) < 4.78 is 30.6. The fourth-order valence-corrected chi connectivity index (χ4v) is 4.83. The molecule has 14 heteroatoms. The number of hydrogen-bond donors (Lipinski definition) is 5. The van der Waals surface area contributed by atoms with Crippen molar-refractivity contribution in [1.82, 2.24) is 24.8 Å². The molecule has 1 saturated heterocycles. The predicted octanol–water partition coefficient (Wildman–Crippen LogP) is 1.79. The van der Waals surface area contributed by atoms with E-state index in [1.165, 1.54) is 24.3 Å². The summed E-state index contributed by atoms with van der Waals surface area (Å²) in [6.07, 6.45) is 3.66. The number of fused-ring (bicyclic) bond motifs is 1. The van der Waals surface area contributed by atoms with E-state index < -0.39 is 21.1 Å². The van der Waals surface area contributed by atoms with Crippen LogP contribution in [0.25, 0.3) is 11.2 Å². The number of nitrogens with zero attached hydrogens (tertiary/aromatic N) is 4. The van der Waals surface area contributed by atoms with Crippen molar-refractivity contribution in [2.24, 2.45) is 13.0 Å². The van der Waals surface area contributed by atoms with Gasteiger partial charge < -0.3 is 34.8 Å². The Labute approximate surface area is 190 Å². The third kappa shape index (κ3) is 4.91. The highest BCUT2D eigenvalue weighted by Gasteiger charge is 2.56. The number of ether oxygens (including phenoxy) is 1. The van der Waals surface area contributed by atoms with Gasteiger partial charge in [0.25, 0.3) is 0 Å². The summed E-state index contributed by atoms with van der Waals surface area (Å²) in [4.78, 5) is 32.1. The average molecular weight is 495 g/mol. The lowest BCUT2D eigenvalue weighted by molar-refractivity contribution is 0.168. The third-order valence-corrected chi connectivity index (χ3v) is 8.38. The highest BCUT2D eigenvalue weighted by molar-refractivity contribution is 7.62. The fraction of sp³-hybridized carbons (Fsp3) is 0.421. The van der Waals surface area contributed by atoms with Gasteiger partial charge in [0, 0.05) is 18.3 Å². The van der Waals surface area contributed by atoms with Crippen molar-refractivity contribution in [3.05, 3.63) is 36.2 Å². The Kier molecular flexibility index (Phi) is 6.76. The second-order valence-corrected chi connectivity index (χ2v) is 11.0. The maximum absolute atomic E-state index is 11.6. The van der Waals surface area contributed by atoms with Crippen LogP contribution < -0.4 is 15.4 Å². The zero-order valence-corrected chi connectivity index (χ0v) is 19.7. The third-order valence-electron chi connectivity index (χ3n) is 5.56. The quantitative estimate of drug-likeness (QED) is 0.289. The largest absolute Gasteiger partial charge is 0.463 e. The predicted molar refractivity (Wildman–Crippen MR) is 122 cm³/mol. The molecule has 0 saturated carbocycles. The highest BCUT2D eigenvalue weighted by atomic mass is 31.2. The van der Waals surface area contributed by atoms with Gasteiger partial charge in [-0.3, -0.25) is 4.57 Å². The van der Waals surface area contributed by atoms with Gasteiger partial charge >= 0.3 is 27.1 Å². The van der Waals surface area contributed by atoms with E-state index in [1.807, 2.05) is 7.05 Å². The summed E-state index contributed by atoms with van der Waals surface area (Å²) >= 11 is 0. The van der Waals surface area contributed by atoms with Crippen molar-refractivity contribution in [2.45, 2.75) is 17.9 Å². The molecule has 2 atom stereocenters. The minimum absolute atomic E-state index is 0.161. The molecule has 1 fully saturated rings.